The van der Waals surface area contributed by atoms with E-state index in [1.807, 2.05) is 0 Å². The smallest absolute Gasteiger partial charge is 0.0547 e. The Bertz CT molecular complexity index is 3120. The Morgan fingerprint density at radius 1 is 0.441 bits per heavy atom. The van der Waals surface area contributed by atoms with E-state index in [1.54, 1.807) is 0 Å². The van der Waals surface area contributed by atoms with Crippen LogP contribution in [0.4, 0.5) is 11.4 Å². The molecular weight excluding hydrogens is 713 g/mol. The zero-order valence-electron chi connectivity index (χ0n) is 32.9. The van der Waals surface area contributed by atoms with Crippen molar-refractivity contribution >= 4 is 50.0 Å². The number of rotatable bonds is 9. The lowest BCUT2D eigenvalue weighted by Crippen LogP contribution is -2.15. The van der Waals surface area contributed by atoms with Crippen molar-refractivity contribution in [3.8, 4) is 39.1 Å². The van der Waals surface area contributed by atoms with Gasteiger partial charge in [0.25, 0.3) is 0 Å². The molecule has 0 fully saturated rings. The van der Waals surface area contributed by atoms with E-state index in [4.69, 9.17) is 0 Å². The number of allylic oxidation sites excluding steroid dienone is 3. The van der Waals surface area contributed by atoms with E-state index in [1.165, 1.54) is 66.0 Å². The number of nitrogens with zero attached hydrogens (tertiary/aromatic N) is 2. The van der Waals surface area contributed by atoms with Crippen LogP contribution in [0.5, 0.6) is 0 Å². The first-order valence-electron chi connectivity index (χ1n) is 20.3. The SMILES string of the molecule is C/C(=C\C=C\c1ccc(-n2c3ccccc3c3cc4ccccc4cc32)cc1)N(c1ccc(-c2ccc(-c3ccccc3)cc2)cc1)c1ccccc1-c1ccccc1. The van der Waals surface area contributed by atoms with Gasteiger partial charge in [0, 0.05) is 33.4 Å². The van der Waals surface area contributed by atoms with Gasteiger partial charge in [-0.15, -0.1) is 0 Å². The lowest BCUT2D eigenvalue weighted by molar-refractivity contribution is 1.16. The Hall–Kier alpha value is -7.68. The summed E-state index contributed by atoms with van der Waals surface area (Å²) in [5, 5.41) is 5.05. The highest BCUT2D eigenvalue weighted by atomic mass is 15.1. The Kier molecular flexibility index (Phi) is 9.50. The zero-order valence-corrected chi connectivity index (χ0v) is 32.9. The minimum Gasteiger partial charge on any atom is -0.314 e. The summed E-state index contributed by atoms with van der Waals surface area (Å²) in [4.78, 5) is 2.37. The Labute approximate surface area is 345 Å². The summed E-state index contributed by atoms with van der Waals surface area (Å²) in [6.07, 6.45) is 6.57. The fourth-order valence-corrected chi connectivity index (χ4v) is 8.39. The molecule has 1 heterocycles. The maximum atomic E-state index is 2.39. The molecule has 0 amide bonds. The molecule has 10 rings (SSSR count). The highest BCUT2D eigenvalue weighted by molar-refractivity contribution is 6.13. The molecule has 0 aliphatic rings. The van der Waals surface area contributed by atoms with Crippen molar-refractivity contribution in [3.05, 3.63) is 242 Å². The van der Waals surface area contributed by atoms with E-state index >= 15 is 0 Å². The molecule has 0 aliphatic heterocycles. The van der Waals surface area contributed by atoms with Gasteiger partial charge in [0.2, 0.25) is 0 Å². The molecule has 1 aromatic heterocycles. The summed E-state index contributed by atoms with van der Waals surface area (Å²) in [5.74, 6) is 0. The minimum atomic E-state index is 1.10. The number of hydrogen-bond acceptors (Lipinski definition) is 1. The van der Waals surface area contributed by atoms with Gasteiger partial charge in [-0.25, -0.2) is 0 Å². The molecule has 2 nitrogen and oxygen atoms in total. The van der Waals surface area contributed by atoms with Gasteiger partial charge in [0.05, 0.1) is 16.7 Å². The molecule has 0 unspecified atom stereocenters. The van der Waals surface area contributed by atoms with Crippen molar-refractivity contribution < 1.29 is 0 Å². The third-order valence-corrected chi connectivity index (χ3v) is 11.4. The van der Waals surface area contributed by atoms with Crippen LogP contribution < -0.4 is 4.90 Å². The van der Waals surface area contributed by atoms with Crippen molar-refractivity contribution in [2.45, 2.75) is 6.92 Å². The van der Waals surface area contributed by atoms with Crippen LogP contribution in [0.15, 0.2) is 236 Å². The van der Waals surface area contributed by atoms with Crippen molar-refractivity contribution in [1.29, 1.82) is 0 Å². The average Bonchev–Trinajstić information content (AvgIpc) is 3.62. The summed E-state index contributed by atoms with van der Waals surface area (Å²) in [6.45, 7) is 2.19. The molecule has 2 heteroatoms. The summed E-state index contributed by atoms with van der Waals surface area (Å²) in [6, 6.07) is 78.5. The van der Waals surface area contributed by atoms with Gasteiger partial charge in [-0.2, -0.15) is 0 Å². The lowest BCUT2D eigenvalue weighted by atomic mass is 9.99. The largest absolute Gasteiger partial charge is 0.314 e. The topological polar surface area (TPSA) is 8.17 Å². The third kappa shape index (κ3) is 7.03. The minimum absolute atomic E-state index is 1.10. The van der Waals surface area contributed by atoms with Crippen molar-refractivity contribution in [1.82, 2.24) is 4.57 Å². The fraction of sp³-hybridized carbons (Fsp3) is 0.0175. The van der Waals surface area contributed by atoms with Crippen molar-refractivity contribution in [2.24, 2.45) is 0 Å². The quantitative estimate of drug-likeness (QED) is 0.133. The number of anilines is 2. The van der Waals surface area contributed by atoms with Crippen LogP contribution in [-0.2, 0) is 0 Å². The zero-order chi connectivity index (χ0) is 39.5. The molecule has 59 heavy (non-hydrogen) atoms. The molecule has 9 aromatic carbocycles. The van der Waals surface area contributed by atoms with Crippen LogP contribution in [0.25, 0.3) is 77.7 Å². The van der Waals surface area contributed by atoms with Gasteiger partial charge >= 0.3 is 0 Å². The molecule has 0 N–H and O–H groups in total. The molecule has 0 bridgehead atoms. The summed E-state index contributed by atoms with van der Waals surface area (Å²) < 4.78 is 2.39. The van der Waals surface area contributed by atoms with Gasteiger partial charge in [-0.1, -0.05) is 182 Å². The summed E-state index contributed by atoms with van der Waals surface area (Å²) in [5.41, 5.74) is 15.2. The molecule has 0 spiro atoms. The predicted octanol–water partition coefficient (Wildman–Crippen LogP) is 15.7. The predicted molar refractivity (Wildman–Crippen MR) is 252 cm³/mol. The molecular formula is C57H42N2. The second-order valence-electron chi connectivity index (χ2n) is 15.0. The number of para-hydroxylation sites is 2. The van der Waals surface area contributed by atoms with E-state index in [-0.39, 0.29) is 0 Å². The van der Waals surface area contributed by atoms with E-state index in [0.717, 1.165) is 28.3 Å². The number of hydrogen-bond donors (Lipinski definition) is 0. The number of benzene rings is 9. The summed E-state index contributed by atoms with van der Waals surface area (Å²) in [7, 11) is 0. The maximum Gasteiger partial charge on any atom is 0.0547 e. The highest BCUT2D eigenvalue weighted by Crippen LogP contribution is 2.39. The molecule has 10 aromatic rings. The second kappa shape index (κ2) is 15.7. The first-order chi connectivity index (χ1) is 29.2. The van der Waals surface area contributed by atoms with Crippen LogP contribution in [-0.4, -0.2) is 4.57 Å². The van der Waals surface area contributed by atoms with Gasteiger partial charge in [0.1, 0.15) is 0 Å². The van der Waals surface area contributed by atoms with Gasteiger partial charge < -0.3 is 9.47 Å². The molecule has 0 radical (unpaired) electrons. The lowest BCUT2D eigenvalue weighted by Gasteiger charge is -2.28. The Balaban J connectivity index is 0.970. The number of aromatic nitrogens is 1. The first kappa shape index (κ1) is 35.7. The van der Waals surface area contributed by atoms with Crippen LogP contribution in [0.2, 0.25) is 0 Å². The second-order valence-corrected chi connectivity index (χ2v) is 15.0. The van der Waals surface area contributed by atoms with E-state index < -0.39 is 0 Å². The van der Waals surface area contributed by atoms with E-state index in [0.29, 0.717) is 0 Å². The average molecular weight is 755 g/mol. The van der Waals surface area contributed by atoms with E-state index in [2.05, 4.69) is 253 Å². The first-order valence-corrected chi connectivity index (χ1v) is 20.3. The van der Waals surface area contributed by atoms with Crippen LogP contribution >= 0.6 is 0 Å². The summed E-state index contributed by atoms with van der Waals surface area (Å²) >= 11 is 0. The monoisotopic (exact) mass is 754 g/mol. The molecule has 0 saturated carbocycles. The Morgan fingerprint density at radius 2 is 0.983 bits per heavy atom. The van der Waals surface area contributed by atoms with Gasteiger partial charge in [-0.3, -0.25) is 0 Å². The third-order valence-electron chi connectivity index (χ3n) is 11.4. The molecule has 0 atom stereocenters. The van der Waals surface area contributed by atoms with Crippen molar-refractivity contribution in [3.63, 3.8) is 0 Å². The fourth-order valence-electron chi connectivity index (χ4n) is 8.39. The van der Waals surface area contributed by atoms with E-state index in [9.17, 15) is 0 Å². The normalized spacial score (nSPS) is 11.8. The van der Waals surface area contributed by atoms with Gasteiger partial charge in [-0.05, 0) is 106 Å². The van der Waals surface area contributed by atoms with Crippen molar-refractivity contribution in [2.75, 3.05) is 4.90 Å². The van der Waals surface area contributed by atoms with Crippen LogP contribution in [0, 0.1) is 0 Å². The maximum absolute atomic E-state index is 2.39. The highest BCUT2D eigenvalue weighted by Gasteiger charge is 2.17. The molecule has 280 valence electrons. The molecule has 0 saturated heterocycles. The standard InChI is InChI=1S/C57H42N2/c1-41(15-14-16-42-27-35-51(36-28-42)59-56-26-13-11-24-53(56)54-39-48-21-8-9-22-49(48)40-57(54)59)58(55-25-12-10-23-52(55)47-19-6-3-7-20-47)50-37-33-46(34-38-50)45-31-29-44(30-32-45)43-17-4-2-5-18-43/h2-40H,1H3/b16-14+,41-15+. The van der Waals surface area contributed by atoms with Gasteiger partial charge in [0.15, 0.2) is 0 Å². The van der Waals surface area contributed by atoms with Crippen LogP contribution in [0.1, 0.15) is 12.5 Å². The molecule has 0 aliphatic carbocycles. The Morgan fingerprint density at radius 3 is 1.68 bits per heavy atom. The van der Waals surface area contributed by atoms with Crippen LogP contribution in [0.3, 0.4) is 0 Å². The number of fused-ring (bicyclic) bond motifs is 4.